The summed E-state index contributed by atoms with van der Waals surface area (Å²) < 4.78 is 26.6. The molecule has 0 radical (unpaired) electrons. The fraction of sp³-hybridized carbons (Fsp3) is 0.467. The van der Waals surface area contributed by atoms with E-state index in [1.54, 1.807) is 0 Å². The van der Waals surface area contributed by atoms with Crippen molar-refractivity contribution < 1.29 is 18.4 Å². The molecule has 4 nitrogen and oxygen atoms in total. The van der Waals surface area contributed by atoms with Gasteiger partial charge in [0.25, 0.3) is 0 Å². The first-order chi connectivity index (χ1) is 9.89. The highest BCUT2D eigenvalue weighted by Crippen LogP contribution is 2.44. The van der Waals surface area contributed by atoms with Crippen LogP contribution in [0.3, 0.4) is 0 Å². The van der Waals surface area contributed by atoms with E-state index < -0.39 is 17.0 Å². The van der Waals surface area contributed by atoms with Crippen LogP contribution in [0.15, 0.2) is 18.2 Å². The highest BCUT2D eigenvalue weighted by molar-refractivity contribution is 6.03. The van der Waals surface area contributed by atoms with E-state index in [1.807, 2.05) is 0 Å². The predicted octanol–water partition coefficient (Wildman–Crippen LogP) is 1.77. The van der Waals surface area contributed by atoms with Crippen LogP contribution in [0.4, 0.5) is 14.5 Å². The average molecular weight is 294 g/mol. The Bertz CT molecular complexity index is 599. The molecule has 1 saturated carbocycles. The summed E-state index contributed by atoms with van der Waals surface area (Å²) in [7, 11) is 0. The number of anilines is 1. The molecule has 1 aliphatic carbocycles. The van der Waals surface area contributed by atoms with Crippen molar-refractivity contribution in [3.8, 4) is 0 Å². The molecule has 1 amide bonds. The molecule has 0 aromatic heterocycles. The van der Waals surface area contributed by atoms with Gasteiger partial charge in [-0.2, -0.15) is 0 Å². The third-order valence-electron chi connectivity index (χ3n) is 4.35. The Morgan fingerprint density at radius 2 is 1.86 bits per heavy atom. The van der Waals surface area contributed by atoms with E-state index in [0.29, 0.717) is 25.8 Å². The lowest BCUT2D eigenvalue weighted by molar-refractivity contribution is -0.134. The number of nitrogens with zero attached hydrogens (tertiary/aromatic N) is 1. The number of amides is 1. The fourth-order valence-corrected chi connectivity index (χ4v) is 3.50. The van der Waals surface area contributed by atoms with Crippen LogP contribution in [0.1, 0.15) is 25.7 Å². The van der Waals surface area contributed by atoms with Crippen molar-refractivity contribution in [2.45, 2.75) is 31.7 Å². The van der Waals surface area contributed by atoms with Gasteiger partial charge >= 0.3 is 0 Å². The minimum Gasteiger partial charge on any atom is -0.327 e. The molecule has 1 aliphatic heterocycles. The monoisotopic (exact) mass is 294 g/mol. The lowest BCUT2D eigenvalue weighted by atomic mass is 9.70. The third kappa shape index (κ3) is 2.44. The lowest BCUT2D eigenvalue weighted by Crippen LogP contribution is -2.45. The van der Waals surface area contributed by atoms with Crippen LogP contribution < -0.4 is 10.6 Å². The van der Waals surface area contributed by atoms with Gasteiger partial charge in [-0.1, -0.05) is 0 Å². The van der Waals surface area contributed by atoms with Gasteiger partial charge in [0, 0.05) is 37.2 Å². The summed E-state index contributed by atoms with van der Waals surface area (Å²) in [4.78, 5) is 25.8. The molecule has 2 aliphatic rings. The maximum Gasteiger partial charge on any atom is 0.233 e. The number of hydrogen-bond donors (Lipinski definition) is 1. The molecule has 2 N–H and O–H groups in total. The summed E-state index contributed by atoms with van der Waals surface area (Å²) in [6.07, 6.45) is 1.41. The molecule has 2 fully saturated rings. The summed E-state index contributed by atoms with van der Waals surface area (Å²) in [6.45, 7) is 0.349. The van der Waals surface area contributed by atoms with Gasteiger partial charge in [0.1, 0.15) is 17.4 Å². The summed E-state index contributed by atoms with van der Waals surface area (Å²) in [5.74, 6) is -1.73. The smallest absolute Gasteiger partial charge is 0.233 e. The summed E-state index contributed by atoms with van der Waals surface area (Å²) >= 11 is 0. The van der Waals surface area contributed by atoms with Gasteiger partial charge in [0.2, 0.25) is 5.91 Å². The van der Waals surface area contributed by atoms with Crippen LogP contribution in [0, 0.1) is 17.0 Å². The Morgan fingerprint density at radius 3 is 2.48 bits per heavy atom. The van der Waals surface area contributed by atoms with E-state index in [9.17, 15) is 18.4 Å². The maximum absolute atomic E-state index is 13.3. The van der Waals surface area contributed by atoms with E-state index in [-0.39, 0.29) is 29.8 Å². The summed E-state index contributed by atoms with van der Waals surface area (Å²) in [6, 6.07) is 2.70. The van der Waals surface area contributed by atoms with Gasteiger partial charge in [-0.25, -0.2) is 8.78 Å². The second-order valence-corrected chi connectivity index (χ2v) is 6.00. The zero-order valence-corrected chi connectivity index (χ0v) is 11.4. The van der Waals surface area contributed by atoms with Gasteiger partial charge in [-0.15, -0.1) is 0 Å². The number of nitrogens with two attached hydrogens (primary N) is 1. The zero-order valence-electron chi connectivity index (χ0n) is 11.4. The molecule has 1 saturated heterocycles. The highest BCUT2D eigenvalue weighted by atomic mass is 19.1. The van der Waals surface area contributed by atoms with E-state index in [1.165, 1.54) is 4.90 Å². The van der Waals surface area contributed by atoms with Gasteiger partial charge in [0.05, 0.1) is 5.41 Å². The summed E-state index contributed by atoms with van der Waals surface area (Å²) in [5, 5.41) is 0. The number of ketones is 1. The van der Waals surface area contributed by atoms with E-state index in [2.05, 4.69) is 0 Å². The maximum atomic E-state index is 13.3. The van der Waals surface area contributed by atoms with Crippen LogP contribution in [-0.2, 0) is 9.59 Å². The van der Waals surface area contributed by atoms with E-state index >= 15 is 0 Å². The minimum atomic E-state index is -0.794. The normalized spacial score (nSPS) is 29.5. The minimum absolute atomic E-state index is 0.0191. The fourth-order valence-electron chi connectivity index (χ4n) is 3.50. The number of rotatable bonds is 1. The van der Waals surface area contributed by atoms with Gasteiger partial charge in [-0.05, 0) is 25.0 Å². The largest absolute Gasteiger partial charge is 0.327 e. The van der Waals surface area contributed by atoms with Crippen LogP contribution in [-0.4, -0.2) is 24.3 Å². The Morgan fingerprint density at radius 1 is 1.19 bits per heavy atom. The molecule has 21 heavy (non-hydrogen) atoms. The number of hydrogen-bond acceptors (Lipinski definition) is 3. The van der Waals surface area contributed by atoms with E-state index in [4.69, 9.17) is 5.73 Å². The first-order valence-electron chi connectivity index (χ1n) is 6.95. The molecule has 1 aromatic carbocycles. The number of halogens is 2. The van der Waals surface area contributed by atoms with Crippen molar-refractivity contribution in [2.24, 2.45) is 11.1 Å². The number of carbonyl (C=O) groups is 2. The molecule has 0 bridgehead atoms. The Balaban J connectivity index is 1.91. The van der Waals surface area contributed by atoms with Crippen molar-refractivity contribution >= 4 is 17.4 Å². The third-order valence-corrected chi connectivity index (χ3v) is 4.35. The van der Waals surface area contributed by atoms with Crippen molar-refractivity contribution in [3.63, 3.8) is 0 Å². The van der Waals surface area contributed by atoms with Crippen molar-refractivity contribution in [1.29, 1.82) is 0 Å². The number of benzene rings is 1. The van der Waals surface area contributed by atoms with Gasteiger partial charge < -0.3 is 10.6 Å². The number of carbonyl (C=O) groups excluding carboxylic acids is 2. The molecule has 2 atom stereocenters. The zero-order chi connectivity index (χ0) is 15.2. The first kappa shape index (κ1) is 14.1. The Kier molecular flexibility index (Phi) is 3.28. The quantitative estimate of drug-likeness (QED) is 0.858. The molecule has 6 heteroatoms. The summed E-state index contributed by atoms with van der Waals surface area (Å²) in [5.41, 5.74) is 5.26. The average Bonchev–Trinajstić information content (AvgIpc) is 2.64. The van der Waals surface area contributed by atoms with E-state index in [0.717, 1.165) is 18.2 Å². The van der Waals surface area contributed by atoms with Crippen molar-refractivity contribution in [3.05, 3.63) is 29.8 Å². The van der Waals surface area contributed by atoms with Gasteiger partial charge in [0.15, 0.2) is 0 Å². The molecule has 1 spiro atoms. The molecule has 1 heterocycles. The lowest BCUT2D eigenvalue weighted by Gasteiger charge is -2.34. The molecular weight excluding hydrogens is 278 g/mol. The SMILES string of the molecule is NC1CC(=O)CC2(CCN(c3cc(F)cc(F)c3)C2=O)C1. The second-order valence-electron chi connectivity index (χ2n) is 6.00. The molecular formula is C15H16F2N2O2. The molecule has 3 rings (SSSR count). The van der Waals surface area contributed by atoms with Gasteiger partial charge in [-0.3, -0.25) is 9.59 Å². The van der Waals surface area contributed by atoms with Crippen molar-refractivity contribution in [2.75, 3.05) is 11.4 Å². The van der Waals surface area contributed by atoms with Crippen LogP contribution >= 0.6 is 0 Å². The standard InChI is InChI=1S/C15H16F2N2O2/c16-9-3-10(17)5-12(4-9)19-2-1-15(14(19)21)7-11(18)6-13(20)8-15/h3-5,11H,1-2,6-8,18H2. The Labute approximate surface area is 120 Å². The molecule has 112 valence electrons. The van der Waals surface area contributed by atoms with Crippen LogP contribution in [0.5, 0.6) is 0 Å². The molecule has 1 aromatic rings. The Hall–Kier alpha value is -1.82. The molecule has 2 unspecified atom stereocenters. The number of Topliss-reactive ketones (excluding diaryl/α,β-unsaturated/α-hetero) is 1. The second kappa shape index (κ2) is 4.87. The topological polar surface area (TPSA) is 63.4 Å². The van der Waals surface area contributed by atoms with Crippen LogP contribution in [0.2, 0.25) is 0 Å². The predicted molar refractivity (Wildman–Crippen MR) is 72.6 cm³/mol. The van der Waals surface area contributed by atoms with Crippen molar-refractivity contribution in [1.82, 2.24) is 0 Å². The first-order valence-corrected chi connectivity index (χ1v) is 6.95. The van der Waals surface area contributed by atoms with Crippen LogP contribution in [0.25, 0.3) is 0 Å². The highest BCUT2D eigenvalue weighted by Gasteiger charge is 2.51.